The van der Waals surface area contributed by atoms with Crippen LogP contribution in [0.1, 0.15) is 80.1 Å². The standard InChI is InChI=1S/C25H34O2S/c26-25(22-14-10-9-11-15-22)23-16-18-24(19-17-23)27-20-12-7-5-3-1-2-4-6-8-13-21-28/h9-11,14-19,28H,1-8,12-13,20-21H2. The molecule has 3 heteroatoms. The van der Waals surface area contributed by atoms with Crippen molar-refractivity contribution in [3.63, 3.8) is 0 Å². The van der Waals surface area contributed by atoms with Gasteiger partial charge in [0.2, 0.25) is 0 Å². The van der Waals surface area contributed by atoms with Crippen molar-refractivity contribution in [1.29, 1.82) is 0 Å². The topological polar surface area (TPSA) is 26.3 Å². The van der Waals surface area contributed by atoms with Gasteiger partial charge in [-0.25, -0.2) is 0 Å². The molecule has 0 aliphatic heterocycles. The third-order valence-corrected chi connectivity index (χ3v) is 5.29. The lowest BCUT2D eigenvalue weighted by molar-refractivity contribution is 0.103. The van der Waals surface area contributed by atoms with Crippen molar-refractivity contribution in [2.45, 2.75) is 64.2 Å². The minimum atomic E-state index is 0.0499. The molecule has 2 nitrogen and oxygen atoms in total. The summed E-state index contributed by atoms with van der Waals surface area (Å²) in [7, 11) is 0. The number of ketones is 1. The molecule has 152 valence electrons. The van der Waals surface area contributed by atoms with Crippen LogP contribution in [0.5, 0.6) is 5.75 Å². The van der Waals surface area contributed by atoms with Crippen LogP contribution in [-0.4, -0.2) is 18.1 Å². The SMILES string of the molecule is O=C(c1ccccc1)c1ccc(OCCCCCCCCCCCCS)cc1. The highest BCUT2D eigenvalue weighted by Gasteiger charge is 2.08. The second-order valence-corrected chi connectivity index (χ2v) is 7.77. The van der Waals surface area contributed by atoms with Crippen molar-refractivity contribution in [2.24, 2.45) is 0 Å². The van der Waals surface area contributed by atoms with E-state index in [1.807, 2.05) is 54.6 Å². The monoisotopic (exact) mass is 398 g/mol. The summed E-state index contributed by atoms with van der Waals surface area (Å²) >= 11 is 4.25. The summed E-state index contributed by atoms with van der Waals surface area (Å²) in [5.41, 5.74) is 1.41. The van der Waals surface area contributed by atoms with E-state index in [0.29, 0.717) is 11.1 Å². The van der Waals surface area contributed by atoms with E-state index in [0.717, 1.165) is 24.5 Å². The molecular weight excluding hydrogens is 364 g/mol. The van der Waals surface area contributed by atoms with Gasteiger partial charge in [0.25, 0.3) is 0 Å². The van der Waals surface area contributed by atoms with Crippen LogP contribution in [0.4, 0.5) is 0 Å². The maximum Gasteiger partial charge on any atom is 0.193 e. The van der Waals surface area contributed by atoms with Crippen LogP contribution in [-0.2, 0) is 0 Å². The van der Waals surface area contributed by atoms with Gasteiger partial charge in [-0.05, 0) is 42.9 Å². The lowest BCUT2D eigenvalue weighted by atomic mass is 10.0. The molecule has 0 unspecified atom stereocenters. The van der Waals surface area contributed by atoms with Crippen molar-refractivity contribution in [1.82, 2.24) is 0 Å². The van der Waals surface area contributed by atoms with Crippen LogP contribution in [0, 0.1) is 0 Å². The van der Waals surface area contributed by atoms with E-state index in [9.17, 15) is 4.79 Å². The number of rotatable bonds is 15. The molecule has 0 heterocycles. The second kappa shape index (κ2) is 14.3. The van der Waals surface area contributed by atoms with Gasteiger partial charge in [0, 0.05) is 11.1 Å². The maximum absolute atomic E-state index is 12.4. The third-order valence-electron chi connectivity index (χ3n) is 4.97. The summed E-state index contributed by atoms with van der Waals surface area (Å²) in [5, 5.41) is 0. The summed E-state index contributed by atoms with van der Waals surface area (Å²) in [4.78, 5) is 12.4. The first-order valence-electron chi connectivity index (χ1n) is 10.7. The largest absolute Gasteiger partial charge is 0.494 e. The zero-order valence-corrected chi connectivity index (χ0v) is 17.8. The minimum Gasteiger partial charge on any atom is -0.494 e. The number of hydrogen-bond donors (Lipinski definition) is 1. The average molecular weight is 399 g/mol. The number of thiol groups is 1. The Morgan fingerprint density at radius 2 is 1.14 bits per heavy atom. The minimum absolute atomic E-state index is 0.0499. The van der Waals surface area contributed by atoms with E-state index >= 15 is 0 Å². The molecule has 2 aromatic rings. The molecule has 0 radical (unpaired) electrons. The van der Waals surface area contributed by atoms with Crippen LogP contribution in [0.15, 0.2) is 54.6 Å². The number of carbonyl (C=O) groups excluding carboxylic acids is 1. The van der Waals surface area contributed by atoms with E-state index < -0.39 is 0 Å². The van der Waals surface area contributed by atoms with E-state index in [-0.39, 0.29) is 5.78 Å². The normalized spacial score (nSPS) is 10.8. The predicted molar refractivity (Wildman–Crippen MR) is 122 cm³/mol. The molecule has 0 saturated carbocycles. The number of ether oxygens (including phenoxy) is 1. The van der Waals surface area contributed by atoms with Gasteiger partial charge >= 0.3 is 0 Å². The highest BCUT2D eigenvalue weighted by atomic mass is 32.1. The molecule has 0 bridgehead atoms. The van der Waals surface area contributed by atoms with Gasteiger partial charge < -0.3 is 4.74 Å². The van der Waals surface area contributed by atoms with Gasteiger partial charge in [-0.15, -0.1) is 0 Å². The highest BCUT2D eigenvalue weighted by molar-refractivity contribution is 7.80. The first-order valence-corrected chi connectivity index (χ1v) is 11.4. The second-order valence-electron chi connectivity index (χ2n) is 7.33. The number of hydrogen-bond acceptors (Lipinski definition) is 3. The van der Waals surface area contributed by atoms with Gasteiger partial charge in [-0.1, -0.05) is 81.7 Å². The van der Waals surface area contributed by atoms with Crippen LogP contribution >= 0.6 is 12.6 Å². The van der Waals surface area contributed by atoms with E-state index in [1.54, 1.807) is 0 Å². The summed E-state index contributed by atoms with van der Waals surface area (Å²) in [5.74, 6) is 1.91. The van der Waals surface area contributed by atoms with Gasteiger partial charge in [0.05, 0.1) is 6.61 Å². The van der Waals surface area contributed by atoms with Crippen molar-refractivity contribution in [3.05, 3.63) is 65.7 Å². The number of unbranched alkanes of at least 4 members (excludes halogenated alkanes) is 9. The summed E-state index contributed by atoms with van der Waals surface area (Å²) in [6.45, 7) is 0.746. The fourth-order valence-corrected chi connectivity index (χ4v) is 3.50. The summed E-state index contributed by atoms with van der Waals surface area (Å²) < 4.78 is 5.81. The first-order chi connectivity index (χ1) is 13.8. The van der Waals surface area contributed by atoms with Crippen LogP contribution in [0.25, 0.3) is 0 Å². The molecule has 0 amide bonds. The zero-order valence-electron chi connectivity index (χ0n) is 16.9. The molecule has 2 aromatic carbocycles. The van der Waals surface area contributed by atoms with Crippen molar-refractivity contribution < 1.29 is 9.53 Å². The van der Waals surface area contributed by atoms with E-state index in [1.165, 1.54) is 57.8 Å². The smallest absolute Gasteiger partial charge is 0.193 e. The van der Waals surface area contributed by atoms with Gasteiger partial charge in [0.15, 0.2) is 5.78 Å². The molecule has 0 N–H and O–H groups in total. The molecule has 0 fully saturated rings. The molecule has 0 spiro atoms. The Morgan fingerprint density at radius 3 is 1.71 bits per heavy atom. The maximum atomic E-state index is 12.4. The molecule has 0 aromatic heterocycles. The van der Waals surface area contributed by atoms with Crippen LogP contribution in [0.3, 0.4) is 0 Å². The van der Waals surface area contributed by atoms with E-state index in [2.05, 4.69) is 12.6 Å². The lowest BCUT2D eigenvalue weighted by Gasteiger charge is -2.07. The highest BCUT2D eigenvalue weighted by Crippen LogP contribution is 2.16. The Morgan fingerprint density at radius 1 is 0.643 bits per heavy atom. The lowest BCUT2D eigenvalue weighted by Crippen LogP contribution is -2.01. The quantitative estimate of drug-likeness (QED) is 0.196. The molecule has 28 heavy (non-hydrogen) atoms. The average Bonchev–Trinajstić information content (AvgIpc) is 2.75. The summed E-state index contributed by atoms with van der Waals surface area (Å²) in [6, 6.07) is 16.9. The van der Waals surface area contributed by atoms with Crippen LogP contribution in [0.2, 0.25) is 0 Å². The Bertz CT molecular complexity index is 652. The Hall–Kier alpha value is -1.74. The summed E-state index contributed by atoms with van der Waals surface area (Å²) in [6.07, 6.45) is 13.0. The predicted octanol–water partition coefficient (Wildman–Crippen LogP) is 7.13. The Balaban J connectivity index is 1.52. The van der Waals surface area contributed by atoms with Gasteiger partial charge in [-0.2, -0.15) is 12.6 Å². The molecule has 0 aliphatic rings. The van der Waals surface area contributed by atoms with Gasteiger partial charge in [-0.3, -0.25) is 4.79 Å². The van der Waals surface area contributed by atoms with E-state index in [4.69, 9.17) is 4.74 Å². The number of carbonyl (C=O) groups is 1. The fourth-order valence-electron chi connectivity index (χ4n) is 3.28. The molecule has 0 saturated heterocycles. The molecule has 0 atom stereocenters. The van der Waals surface area contributed by atoms with Crippen molar-refractivity contribution >= 4 is 18.4 Å². The van der Waals surface area contributed by atoms with Crippen molar-refractivity contribution in [2.75, 3.05) is 12.4 Å². The van der Waals surface area contributed by atoms with Crippen molar-refractivity contribution in [3.8, 4) is 5.75 Å². The Labute approximate surface area is 176 Å². The first kappa shape index (κ1) is 22.5. The van der Waals surface area contributed by atoms with Gasteiger partial charge in [0.1, 0.15) is 5.75 Å². The number of benzene rings is 2. The Kier molecular flexibility index (Phi) is 11.5. The molecular formula is C25H34O2S. The zero-order chi connectivity index (χ0) is 19.9. The molecule has 2 rings (SSSR count). The third kappa shape index (κ3) is 8.97. The fraction of sp³-hybridized carbons (Fsp3) is 0.480. The molecule has 0 aliphatic carbocycles. The van der Waals surface area contributed by atoms with Crippen LogP contribution < -0.4 is 4.74 Å².